The van der Waals surface area contributed by atoms with Gasteiger partial charge in [-0.25, -0.2) is 0 Å². The Balaban J connectivity index is 3.50. The van der Waals surface area contributed by atoms with E-state index in [0.29, 0.717) is 19.4 Å². The zero-order valence-corrected chi connectivity index (χ0v) is 41.6. The normalized spacial score (nSPS) is 12.8. The fraction of sp³-hybridized carbons (Fsp3) is 0.893. The number of nitrogens with one attached hydrogen (secondary N) is 1. The first-order valence-electron chi connectivity index (χ1n) is 27.6. The van der Waals surface area contributed by atoms with Gasteiger partial charge in [-0.2, -0.15) is 0 Å². The lowest BCUT2D eigenvalue weighted by molar-refractivity contribution is -0.143. The van der Waals surface area contributed by atoms with Gasteiger partial charge in [-0.3, -0.25) is 9.59 Å². The Hall–Kier alpha value is -1.66. The Morgan fingerprint density at radius 1 is 0.435 bits per heavy atom. The highest BCUT2D eigenvalue weighted by molar-refractivity contribution is 5.76. The smallest absolute Gasteiger partial charge is 0.305 e. The number of aliphatic hydroxyl groups excluding tert-OH is 2. The molecule has 2 atom stereocenters. The van der Waals surface area contributed by atoms with Crippen LogP contribution in [0.5, 0.6) is 0 Å². The summed E-state index contributed by atoms with van der Waals surface area (Å²) in [7, 11) is 0. The van der Waals surface area contributed by atoms with E-state index in [-0.39, 0.29) is 18.5 Å². The molecule has 0 bridgehead atoms. The molecule has 3 N–H and O–H groups in total. The van der Waals surface area contributed by atoms with Crippen molar-refractivity contribution in [3.05, 3.63) is 24.3 Å². The van der Waals surface area contributed by atoms with E-state index in [1.807, 2.05) is 6.08 Å². The topological polar surface area (TPSA) is 95.9 Å². The maximum Gasteiger partial charge on any atom is 0.305 e. The SMILES string of the molecule is CCCCCCCC/C=C\CCCCCCCCCC(=O)OCCCCCCCCCCCCC(=O)NC(CO)C(O)/C=C/CCCCCCCCCCCCCCCCCC. The van der Waals surface area contributed by atoms with E-state index in [1.165, 1.54) is 212 Å². The summed E-state index contributed by atoms with van der Waals surface area (Å²) < 4.78 is 5.46. The average Bonchev–Trinajstić information content (AvgIpc) is 3.27. The van der Waals surface area contributed by atoms with Gasteiger partial charge >= 0.3 is 5.97 Å². The third kappa shape index (κ3) is 47.8. The van der Waals surface area contributed by atoms with E-state index in [9.17, 15) is 19.8 Å². The zero-order valence-electron chi connectivity index (χ0n) is 41.6. The Kier molecular flexibility index (Phi) is 50.6. The van der Waals surface area contributed by atoms with E-state index >= 15 is 0 Å². The van der Waals surface area contributed by atoms with Crippen molar-refractivity contribution in [1.82, 2.24) is 5.32 Å². The summed E-state index contributed by atoms with van der Waals surface area (Å²) in [5.41, 5.74) is 0. The first-order chi connectivity index (χ1) is 30.5. The van der Waals surface area contributed by atoms with Gasteiger partial charge in [0.05, 0.1) is 25.4 Å². The molecule has 0 aromatic rings. The number of hydrogen-bond acceptors (Lipinski definition) is 5. The van der Waals surface area contributed by atoms with Gasteiger partial charge in [-0.15, -0.1) is 0 Å². The van der Waals surface area contributed by atoms with Crippen LogP contribution in [-0.4, -0.2) is 47.4 Å². The molecule has 0 rings (SSSR count). The number of unbranched alkanes of at least 4 members (excludes halogenated alkanes) is 38. The number of aliphatic hydroxyl groups is 2. The van der Waals surface area contributed by atoms with Gasteiger partial charge in [-0.1, -0.05) is 250 Å². The molecule has 2 unspecified atom stereocenters. The minimum absolute atomic E-state index is 0.0239. The third-order valence-electron chi connectivity index (χ3n) is 12.7. The molecule has 1 amide bonds. The summed E-state index contributed by atoms with van der Waals surface area (Å²) in [6.45, 7) is 4.86. The molecule has 0 radical (unpaired) electrons. The fourth-order valence-corrected chi connectivity index (χ4v) is 8.45. The maximum absolute atomic E-state index is 12.5. The molecular formula is C56H107NO5. The summed E-state index contributed by atoms with van der Waals surface area (Å²) in [6, 6.07) is -0.645. The molecule has 0 aliphatic rings. The molecule has 366 valence electrons. The van der Waals surface area contributed by atoms with Crippen molar-refractivity contribution in [2.24, 2.45) is 0 Å². The summed E-state index contributed by atoms with van der Waals surface area (Å²) in [5, 5.41) is 23.1. The Morgan fingerprint density at radius 3 is 1.15 bits per heavy atom. The molecule has 6 nitrogen and oxygen atoms in total. The number of allylic oxidation sites excluding steroid dienone is 3. The first kappa shape index (κ1) is 60.3. The number of carbonyl (C=O) groups excluding carboxylic acids is 2. The molecule has 0 fully saturated rings. The van der Waals surface area contributed by atoms with Crippen LogP contribution in [0.1, 0.15) is 296 Å². The largest absolute Gasteiger partial charge is 0.466 e. The van der Waals surface area contributed by atoms with E-state index in [1.54, 1.807) is 6.08 Å². The van der Waals surface area contributed by atoms with Crippen molar-refractivity contribution in [2.75, 3.05) is 13.2 Å². The second kappa shape index (κ2) is 52.0. The molecule has 0 aromatic carbocycles. The van der Waals surface area contributed by atoms with Crippen LogP contribution in [0.15, 0.2) is 24.3 Å². The predicted molar refractivity (Wildman–Crippen MR) is 269 cm³/mol. The van der Waals surface area contributed by atoms with E-state index in [2.05, 4.69) is 31.3 Å². The average molecular weight is 874 g/mol. The van der Waals surface area contributed by atoms with Gasteiger partial charge in [0, 0.05) is 12.8 Å². The number of ether oxygens (including phenoxy) is 1. The molecule has 0 aliphatic carbocycles. The second-order valence-corrected chi connectivity index (χ2v) is 18.9. The lowest BCUT2D eigenvalue weighted by Crippen LogP contribution is -2.45. The lowest BCUT2D eigenvalue weighted by Gasteiger charge is -2.20. The molecular weight excluding hydrogens is 767 g/mol. The first-order valence-corrected chi connectivity index (χ1v) is 27.6. The molecule has 0 aliphatic heterocycles. The number of amides is 1. The van der Waals surface area contributed by atoms with E-state index in [4.69, 9.17) is 4.74 Å². The molecule has 0 saturated carbocycles. The highest BCUT2D eigenvalue weighted by atomic mass is 16.5. The van der Waals surface area contributed by atoms with Crippen LogP contribution >= 0.6 is 0 Å². The number of hydrogen-bond donors (Lipinski definition) is 3. The van der Waals surface area contributed by atoms with Crippen LogP contribution in [0.3, 0.4) is 0 Å². The maximum atomic E-state index is 12.5. The van der Waals surface area contributed by atoms with Crippen molar-refractivity contribution in [1.29, 1.82) is 0 Å². The molecule has 0 heterocycles. The van der Waals surface area contributed by atoms with Gasteiger partial charge in [-0.05, 0) is 57.8 Å². The zero-order chi connectivity index (χ0) is 45.1. The Bertz CT molecular complexity index is 966. The van der Waals surface area contributed by atoms with Gasteiger partial charge in [0.1, 0.15) is 0 Å². The van der Waals surface area contributed by atoms with Crippen LogP contribution in [0, 0.1) is 0 Å². The lowest BCUT2D eigenvalue weighted by atomic mass is 10.0. The third-order valence-corrected chi connectivity index (χ3v) is 12.7. The number of esters is 1. The van der Waals surface area contributed by atoms with Gasteiger partial charge in [0.2, 0.25) is 5.91 Å². The minimum atomic E-state index is -0.859. The molecule has 6 heteroatoms. The van der Waals surface area contributed by atoms with Gasteiger partial charge in [0.25, 0.3) is 0 Å². The Morgan fingerprint density at radius 2 is 0.758 bits per heavy atom. The highest BCUT2D eigenvalue weighted by Crippen LogP contribution is 2.16. The van der Waals surface area contributed by atoms with Crippen molar-refractivity contribution < 1.29 is 24.5 Å². The van der Waals surface area contributed by atoms with Crippen LogP contribution in [0.2, 0.25) is 0 Å². The predicted octanol–water partition coefficient (Wildman–Crippen LogP) is 16.7. The van der Waals surface area contributed by atoms with Crippen LogP contribution in [0.25, 0.3) is 0 Å². The highest BCUT2D eigenvalue weighted by Gasteiger charge is 2.18. The van der Waals surface area contributed by atoms with Crippen LogP contribution in [0.4, 0.5) is 0 Å². The standard InChI is InChI=1S/C56H107NO5/c1-3-5-7-9-11-13-15-17-19-21-23-24-26-28-32-36-40-44-48-54(59)53(52-58)57-55(60)49-45-41-37-33-30-31-35-39-43-47-51-62-56(61)50-46-42-38-34-29-27-25-22-20-18-16-14-12-10-8-6-4-2/h18,20,44,48,53-54,58-59H,3-17,19,21-43,45-47,49-52H2,1-2H3,(H,57,60)/b20-18-,48-44+. The van der Waals surface area contributed by atoms with Crippen molar-refractivity contribution in [2.45, 2.75) is 309 Å². The van der Waals surface area contributed by atoms with Crippen LogP contribution in [-0.2, 0) is 14.3 Å². The van der Waals surface area contributed by atoms with Crippen LogP contribution < -0.4 is 5.32 Å². The summed E-state index contributed by atoms with van der Waals surface area (Å²) in [5.74, 6) is -0.113. The monoisotopic (exact) mass is 874 g/mol. The second-order valence-electron chi connectivity index (χ2n) is 18.9. The van der Waals surface area contributed by atoms with Crippen molar-refractivity contribution >= 4 is 11.9 Å². The number of carbonyl (C=O) groups is 2. The minimum Gasteiger partial charge on any atom is -0.466 e. The quantitative estimate of drug-likeness (QED) is 0.0321. The molecule has 62 heavy (non-hydrogen) atoms. The summed E-state index contributed by atoms with van der Waals surface area (Å²) in [6.07, 6.45) is 61.8. The molecule has 0 saturated heterocycles. The van der Waals surface area contributed by atoms with Crippen molar-refractivity contribution in [3.63, 3.8) is 0 Å². The van der Waals surface area contributed by atoms with E-state index < -0.39 is 12.1 Å². The fourth-order valence-electron chi connectivity index (χ4n) is 8.45. The Labute approximate surface area is 386 Å². The van der Waals surface area contributed by atoms with Gasteiger partial charge in [0.15, 0.2) is 0 Å². The van der Waals surface area contributed by atoms with Gasteiger partial charge < -0.3 is 20.3 Å². The molecule has 0 spiro atoms. The summed E-state index contributed by atoms with van der Waals surface area (Å²) >= 11 is 0. The number of rotatable bonds is 51. The van der Waals surface area contributed by atoms with E-state index in [0.717, 1.165) is 57.8 Å². The summed E-state index contributed by atoms with van der Waals surface area (Å²) in [4.78, 5) is 24.5. The molecule has 0 aromatic heterocycles. The van der Waals surface area contributed by atoms with Crippen molar-refractivity contribution in [3.8, 4) is 0 Å².